The van der Waals surface area contributed by atoms with Crippen LogP contribution in [0.4, 0.5) is 4.39 Å². The van der Waals surface area contributed by atoms with Crippen molar-refractivity contribution in [2.24, 2.45) is 0 Å². The number of phenols is 1. The van der Waals surface area contributed by atoms with Crippen molar-refractivity contribution >= 4 is 33.3 Å². The number of hydrogen-bond donors (Lipinski definition) is 1. The van der Waals surface area contributed by atoms with Gasteiger partial charge in [0.25, 0.3) is 0 Å². The van der Waals surface area contributed by atoms with Crippen LogP contribution < -0.4 is 0 Å². The Balaban J connectivity index is 3.28. The number of carbonyl (C=O) groups excluding carboxylic acids is 1. The van der Waals surface area contributed by atoms with Crippen LogP contribution in [0, 0.1) is 5.82 Å². The van der Waals surface area contributed by atoms with Crippen molar-refractivity contribution in [2.45, 2.75) is 0 Å². The number of Topliss-reactive ketones (excluding diaryl/α,β-unsaturated/α-hetero) is 1. The van der Waals surface area contributed by atoms with E-state index in [1.807, 2.05) is 0 Å². The normalized spacial score (nSPS) is 10.1. The van der Waals surface area contributed by atoms with Crippen LogP contribution in [0.25, 0.3) is 0 Å². The lowest BCUT2D eigenvalue weighted by Crippen LogP contribution is -2.02. The molecule has 0 atom stereocenters. The van der Waals surface area contributed by atoms with E-state index in [0.717, 1.165) is 12.1 Å². The second kappa shape index (κ2) is 4.07. The van der Waals surface area contributed by atoms with Crippen molar-refractivity contribution in [2.75, 3.05) is 5.88 Å². The lowest BCUT2D eigenvalue weighted by Gasteiger charge is -2.03. The van der Waals surface area contributed by atoms with Gasteiger partial charge >= 0.3 is 0 Å². The van der Waals surface area contributed by atoms with Gasteiger partial charge in [0, 0.05) is 11.6 Å². The first-order valence-electron chi connectivity index (χ1n) is 3.33. The second-order valence-corrected chi connectivity index (χ2v) is 3.41. The fourth-order valence-electron chi connectivity index (χ4n) is 0.850. The van der Waals surface area contributed by atoms with Crippen molar-refractivity contribution in [1.29, 1.82) is 0 Å². The lowest BCUT2D eigenvalue weighted by atomic mass is 10.1. The molecule has 1 aromatic carbocycles. The maximum atomic E-state index is 12.9. The Bertz CT molecular complexity index is 354. The van der Waals surface area contributed by atoms with E-state index >= 15 is 0 Å². The summed E-state index contributed by atoms with van der Waals surface area (Å²) in [6, 6.07) is 2.08. The minimum absolute atomic E-state index is 0.0240. The minimum atomic E-state index is -0.687. The Kier molecular flexibility index (Phi) is 3.27. The Hall–Kier alpha value is -0.610. The predicted molar refractivity (Wildman–Crippen MR) is 50.8 cm³/mol. The fraction of sp³-hybridized carbons (Fsp3) is 0.125. The van der Waals surface area contributed by atoms with E-state index < -0.39 is 11.6 Å². The Morgan fingerprint density at radius 1 is 1.62 bits per heavy atom. The molecule has 70 valence electrons. The van der Waals surface area contributed by atoms with Gasteiger partial charge in [0.05, 0.1) is 10.4 Å². The van der Waals surface area contributed by atoms with Gasteiger partial charge in [-0.15, -0.1) is 11.6 Å². The topological polar surface area (TPSA) is 37.3 Å². The first-order chi connectivity index (χ1) is 6.06. The fourth-order valence-corrected chi connectivity index (χ4v) is 1.44. The summed E-state index contributed by atoms with van der Waals surface area (Å²) in [7, 11) is 0. The minimum Gasteiger partial charge on any atom is -0.508 e. The van der Waals surface area contributed by atoms with Crippen LogP contribution in [0.1, 0.15) is 10.4 Å². The maximum Gasteiger partial charge on any atom is 0.178 e. The standard InChI is InChI=1S/C8H5BrClFO2/c9-8-5(7(13)3-10)1-4(12)2-6(8)11/h1-2,12H,3H2. The molecule has 0 spiro atoms. The molecule has 0 saturated carbocycles. The molecule has 0 aliphatic rings. The van der Waals surface area contributed by atoms with E-state index in [2.05, 4.69) is 15.9 Å². The van der Waals surface area contributed by atoms with Crippen LogP contribution in [-0.4, -0.2) is 16.8 Å². The molecule has 1 aromatic rings. The molecule has 0 unspecified atom stereocenters. The summed E-state index contributed by atoms with van der Waals surface area (Å²) in [5.41, 5.74) is 0.0486. The average Bonchev–Trinajstić information content (AvgIpc) is 2.10. The summed E-state index contributed by atoms with van der Waals surface area (Å²) in [5, 5.41) is 9.01. The number of alkyl halides is 1. The number of phenolic OH excluding ortho intramolecular Hbond substituents is 1. The molecular weight excluding hydrogens is 262 g/mol. The molecule has 13 heavy (non-hydrogen) atoms. The summed E-state index contributed by atoms with van der Waals surface area (Å²) in [6.45, 7) is 0. The number of ketones is 1. The van der Waals surface area contributed by atoms with Crippen LogP contribution in [0.15, 0.2) is 16.6 Å². The summed E-state index contributed by atoms with van der Waals surface area (Å²) >= 11 is 8.18. The second-order valence-electron chi connectivity index (χ2n) is 2.35. The Labute approximate surface area is 87.5 Å². The molecular formula is C8H5BrClFO2. The zero-order valence-electron chi connectivity index (χ0n) is 6.35. The molecule has 0 aliphatic heterocycles. The molecule has 0 fully saturated rings. The first kappa shape index (κ1) is 10.5. The number of benzene rings is 1. The van der Waals surface area contributed by atoms with Crippen molar-refractivity contribution in [1.82, 2.24) is 0 Å². The molecule has 1 N–H and O–H groups in total. The van der Waals surface area contributed by atoms with E-state index in [9.17, 15) is 9.18 Å². The number of hydrogen-bond acceptors (Lipinski definition) is 2. The van der Waals surface area contributed by atoms with Crippen molar-refractivity contribution in [3.63, 3.8) is 0 Å². The highest BCUT2D eigenvalue weighted by atomic mass is 79.9. The highest BCUT2D eigenvalue weighted by Gasteiger charge is 2.13. The van der Waals surface area contributed by atoms with Gasteiger partial charge in [0.1, 0.15) is 11.6 Å². The largest absolute Gasteiger partial charge is 0.508 e. The summed E-state index contributed by atoms with van der Waals surface area (Å²) in [6.07, 6.45) is 0. The summed E-state index contributed by atoms with van der Waals surface area (Å²) < 4.78 is 13.0. The SMILES string of the molecule is O=C(CCl)c1cc(O)cc(F)c1Br. The van der Waals surface area contributed by atoms with Gasteiger partial charge in [0.15, 0.2) is 5.78 Å². The number of halogens is 3. The van der Waals surface area contributed by atoms with Gasteiger partial charge in [-0.3, -0.25) is 4.79 Å². The summed E-state index contributed by atoms with van der Waals surface area (Å²) in [4.78, 5) is 11.1. The van der Waals surface area contributed by atoms with E-state index in [0.29, 0.717) is 0 Å². The maximum absolute atomic E-state index is 12.9. The van der Waals surface area contributed by atoms with E-state index in [-0.39, 0.29) is 21.7 Å². The first-order valence-corrected chi connectivity index (χ1v) is 4.66. The van der Waals surface area contributed by atoms with Crippen molar-refractivity contribution in [3.8, 4) is 5.75 Å². The molecule has 2 nitrogen and oxygen atoms in total. The molecule has 0 heterocycles. The zero-order chi connectivity index (χ0) is 10.0. The lowest BCUT2D eigenvalue weighted by molar-refractivity contribution is 0.101. The molecule has 1 rings (SSSR count). The smallest absolute Gasteiger partial charge is 0.178 e. The van der Waals surface area contributed by atoms with Gasteiger partial charge in [-0.2, -0.15) is 0 Å². The quantitative estimate of drug-likeness (QED) is 0.661. The van der Waals surface area contributed by atoms with Crippen LogP contribution in [-0.2, 0) is 0 Å². The molecule has 0 aromatic heterocycles. The molecule has 0 radical (unpaired) electrons. The van der Waals surface area contributed by atoms with Gasteiger partial charge in [0.2, 0.25) is 0 Å². The van der Waals surface area contributed by atoms with E-state index in [4.69, 9.17) is 16.7 Å². The molecule has 5 heteroatoms. The van der Waals surface area contributed by atoms with Crippen LogP contribution in [0.3, 0.4) is 0 Å². The predicted octanol–water partition coefficient (Wildman–Crippen LogP) is 2.72. The van der Waals surface area contributed by atoms with Crippen LogP contribution in [0.2, 0.25) is 0 Å². The van der Waals surface area contributed by atoms with Crippen LogP contribution in [0.5, 0.6) is 5.75 Å². The Morgan fingerprint density at radius 2 is 2.23 bits per heavy atom. The average molecular weight is 267 g/mol. The zero-order valence-corrected chi connectivity index (χ0v) is 8.69. The van der Waals surface area contributed by atoms with Crippen molar-refractivity contribution < 1.29 is 14.3 Å². The highest BCUT2D eigenvalue weighted by molar-refractivity contribution is 9.10. The number of rotatable bonds is 2. The van der Waals surface area contributed by atoms with Gasteiger partial charge in [-0.1, -0.05) is 0 Å². The Morgan fingerprint density at radius 3 is 2.77 bits per heavy atom. The summed E-state index contributed by atoms with van der Waals surface area (Å²) in [5.74, 6) is -1.67. The third-order valence-electron chi connectivity index (χ3n) is 1.43. The third kappa shape index (κ3) is 2.19. The number of carbonyl (C=O) groups is 1. The molecule has 0 bridgehead atoms. The molecule has 0 saturated heterocycles. The molecule has 0 amide bonds. The highest BCUT2D eigenvalue weighted by Crippen LogP contribution is 2.26. The van der Waals surface area contributed by atoms with Gasteiger partial charge in [-0.05, 0) is 22.0 Å². The van der Waals surface area contributed by atoms with E-state index in [1.165, 1.54) is 0 Å². The monoisotopic (exact) mass is 266 g/mol. The third-order valence-corrected chi connectivity index (χ3v) is 2.48. The molecule has 0 aliphatic carbocycles. The van der Waals surface area contributed by atoms with Gasteiger partial charge < -0.3 is 5.11 Å². The number of aromatic hydroxyl groups is 1. The van der Waals surface area contributed by atoms with Gasteiger partial charge in [-0.25, -0.2) is 4.39 Å². The van der Waals surface area contributed by atoms with Crippen molar-refractivity contribution in [3.05, 3.63) is 28.0 Å². The van der Waals surface area contributed by atoms with Crippen LogP contribution >= 0.6 is 27.5 Å². The van der Waals surface area contributed by atoms with E-state index in [1.54, 1.807) is 0 Å².